The number of nitrogens with zero attached hydrogens (tertiary/aromatic N) is 2. The zero-order valence-corrected chi connectivity index (χ0v) is 14.9. The number of amides is 1. The summed E-state index contributed by atoms with van der Waals surface area (Å²) in [6.45, 7) is 3.68. The highest BCUT2D eigenvalue weighted by molar-refractivity contribution is 5.77. The summed E-state index contributed by atoms with van der Waals surface area (Å²) in [6, 6.07) is 3.97. The normalized spacial score (nSPS) is 29.3. The minimum atomic E-state index is -0.0437. The topological polar surface area (TPSA) is 51.7 Å². The second kappa shape index (κ2) is 7.42. The third-order valence-corrected chi connectivity index (χ3v) is 5.88. The molecule has 2 atom stereocenters. The molecule has 1 saturated carbocycles. The molecule has 0 spiro atoms. The van der Waals surface area contributed by atoms with E-state index in [1.54, 1.807) is 6.20 Å². The van der Waals surface area contributed by atoms with E-state index in [2.05, 4.69) is 9.88 Å². The maximum Gasteiger partial charge on any atom is 0.222 e. The summed E-state index contributed by atoms with van der Waals surface area (Å²) >= 11 is 0. The molecule has 3 heterocycles. The van der Waals surface area contributed by atoms with E-state index >= 15 is 0 Å². The quantitative estimate of drug-likeness (QED) is 0.796. The molecule has 2 unspecified atom stereocenters. The highest BCUT2D eigenvalue weighted by Crippen LogP contribution is 2.41. The number of aromatic nitrogens is 1. The molecule has 25 heavy (non-hydrogen) atoms. The van der Waals surface area contributed by atoms with Crippen LogP contribution in [0.2, 0.25) is 0 Å². The Morgan fingerprint density at radius 3 is 3.12 bits per heavy atom. The molecule has 0 N–H and O–H groups in total. The number of piperidine rings is 1. The van der Waals surface area contributed by atoms with Gasteiger partial charge < -0.3 is 14.4 Å². The predicted octanol–water partition coefficient (Wildman–Crippen LogP) is 2.80. The van der Waals surface area contributed by atoms with Gasteiger partial charge in [-0.3, -0.25) is 9.78 Å². The minimum absolute atomic E-state index is 0.0437. The van der Waals surface area contributed by atoms with Crippen molar-refractivity contribution in [2.45, 2.75) is 51.2 Å². The van der Waals surface area contributed by atoms with Crippen molar-refractivity contribution < 1.29 is 14.3 Å². The standard InChI is InChI=1S/C20H28N2O3/c23-19(11-16-4-5-16)22-9-6-18-20(14-22,7-2-10-25-18)15-24-13-17-3-1-8-21-12-17/h1,3,8,12,16,18H,2,4-7,9-11,13-15H2. The fraction of sp³-hybridized carbons (Fsp3) is 0.700. The lowest BCUT2D eigenvalue weighted by molar-refractivity contribution is -0.166. The zero-order chi connectivity index (χ0) is 17.1. The van der Waals surface area contributed by atoms with Gasteiger partial charge in [0.2, 0.25) is 5.91 Å². The van der Waals surface area contributed by atoms with E-state index in [0.717, 1.165) is 50.9 Å². The first kappa shape index (κ1) is 17.0. The lowest BCUT2D eigenvalue weighted by atomic mass is 9.73. The molecule has 3 aliphatic rings. The number of fused-ring (bicyclic) bond motifs is 1. The van der Waals surface area contributed by atoms with E-state index in [1.807, 2.05) is 18.3 Å². The van der Waals surface area contributed by atoms with Gasteiger partial charge in [0.25, 0.3) is 0 Å². The average Bonchev–Trinajstić information content (AvgIpc) is 3.46. The van der Waals surface area contributed by atoms with Gasteiger partial charge in [-0.1, -0.05) is 6.07 Å². The molecule has 2 aliphatic heterocycles. The van der Waals surface area contributed by atoms with E-state index in [9.17, 15) is 4.79 Å². The first-order chi connectivity index (χ1) is 12.3. The summed E-state index contributed by atoms with van der Waals surface area (Å²) in [5.41, 5.74) is 1.04. The Hall–Kier alpha value is -1.46. The Balaban J connectivity index is 1.39. The van der Waals surface area contributed by atoms with Crippen LogP contribution in [0, 0.1) is 11.3 Å². The number of ether oxygens (including phenoxy) is 2. The summed E-state index contributed by atoms with van der Waals surface area (Å²) in [6.07, 6.45) is 10.1. The monoisotopic (exact) mass is 344 g/mol. The highest BCUT2D eigenvalue weighted by atomic mass is 16.5. The van der Waals surface area contributed by atoms with Crippen LogP contribution in [0.15, 0.2) is 24.5 Å². The molecule has 5 nitrogen and oxygen atoms in total. The summed E-state index contributed by atoms with van der Waals surface area (Å²) in [5, 5.41) is 0. The van der Waals surface area contributed by atoms with E-state index in [-0.39, 0.29) is 11.5 Å². The maximum atomic E-state index is 12.6. The molecule has 1 aromatic heterocycles. The van der Waals surface area contributed by atoms with Gasteiger partial charge in [0, 0.05) is 43.9 Å². The molecular formula is C20H28N2O3. The van der Waals surface area contributed by atoms with Crippen molar-refractivity contribution in [2.75, 3.05) is 26.3 Å². The molecule has 1 aliphatic carbocycles. The van der Waals surface area contributed by atoms with Gasteiger partial charge >= 0.3 is 0 Å². The average molecular weight is 344 g/mol. The summed E-state index contributed by atoms with van der Waals surface area (Å²) in [7, 11) is 0. The number of likely N-dealkylation sites (tertiary alicyclic amines) is 1. The van der Waals surface area contributed by atoms with Crippen molar-refractivity contribution in [3.05, 3.63) is 30.1 Å². The van der Waals surface area contributed by atoms with E-state index in [4.69, 9.17) is 9.47 Å². The number of rotatable bonds is 6. The number of carbonyl (C=O) groups excluding carboxylic acids is 1. The van der Waals surface area contributed by atoms with Gasteiger partial charge in [-0.05, 0) is 49.7 Å². The molecule has 3 fully saturated rings. The first-order valence-corrected chi connectivity index (χ1v) is 9.61. The first-order valence-electron chi connectivity index (χ1n) is 9.61. The summed E-state index contributed by atoms with van der Waals surface area (Å²) < 4.78 is 12.2. The predicted molar refractivity (Wildman–Crippen MR) is 93.8 cm³/mol. The third kappa shape index (κ3) is 4.04. The summed E-state index contributed by atoms with van der Waals surface area (Å²) in [4.78, 5) is 18.8. The fourth-order valence-corrected chi connectivity index (χ4v) is 4.27. The van der Waals surface area contributed by atoms with Crippen LogP contribution in [0.25, 0.3) is 0 Å². The van der Waals surface area contributed by atoms with Crippen molar-refractivity contribution in [2.24, 2.45) is 11.3 Å². The Kier molecular flexibility index (Phi) is 5.04. The van der Waals surface area contributed by atoms with Crippen LogP contribution < -0.4 is 0 Å². The SMILES string of the molecule is O=C(CC1CC1)N1CCC2OCCCC2(COCc2cccnc2)C1. The lowest BCUT2D eigenvalue weighted by Crippen LogP contribution is -2.58. The van der Waals surface area contributed by atoms with Crippen LogP contribution in [0.5, 0.6) is 0 Å². The highest BCUT2D eigenvalue weighted by Gasteiger charge is 2.47. The van der Waals surface area contributed by atoms with Gasteiger partial charge in [0.05, 0.1) is 19.3 Å². The van der Waals surface area contributed by atoms with Crippen LogP contribution in [-0.4, -0.2) is 48.2 Å². The third-order valence-electron chi connectivity index (χ3n) is 5.88. The number of hydrogen-bond acceptors (Lipinski definition) is 4. The van der Waals surface area contributed by atoms with Crippen molar-refractivity contribution in [3.63, 3.8) is 0 Å². The maximum absolute atomic E-state index is 12.6. The number of hydrogen-bond donors (Lipinski definition) is 0. The molecule has 2 saturated heterocycles. The Morgan fingerprint density at radius 1 is 1.40 bits per heavy atom. The zero-order valence-electron chi connectivity index (χ0n) is 14.9. The molecule has 0 bridgehead atoms. The second-order valence-corrected chi connectivity index (χ2v) is 7.93. The van der Waals surface area contributed by atoms with Crippen LogP contribution in [0.1, 0.15) is 44.1 Å². The van der Waals surface area contributed by atoms with Gasteiger partial charge in [-0.25, -0.2) is 0 Å². The van der Waals surface area contributed by atoms with Crippen LogP contribution in [0.3, 0.4) is 0 Å². The number of carbonyl (C=O) groups is 1. The second-order valence-electron chi connectivity index (χ2n) is 7.93. The fourth-order valence-electron chi connectivity index (χ4n) is 4.27. The van der Waals surface area contributed by atoms with Gasteiger partial charge in [-0.2, -0.15) is 0 Å². The smallest absolute Gasteiger partial charge is 0.222 e. The Morgan fingerprint density at radius 2 is 2.32 bits per heavy atom. The van der Waals surface area contributed by atoms with E-state index in [1.165, 1.54) is 12.8 Å². The number of pyridine rings is 1. The minimum Gasteiger partial charge on any atom is -0.377 e. The molecule has 136 valence electrons. The molecule has 1 amide bonds. The van der Waals surface area contributed by atoms with Gasteiger partial charge in [-0.15, -0.1) is 0 Å². The van der Waals surface area contributed by atoms with Crippen molar-refractivity contribution in [1.82, 2.24) is 9.88 Å². The molecule has 1 aromatic rings. The van der Waals surface area contributed by atoms with Crippen LogP contribution >= 0.6 is 0 Å². The van der Waals surface area contributed by atoms with E-state index < -0.39 is 0 Å². The van der Waals surface area contributed by atoms with Gasteiger partial charge in [0.15, 0.2) is 0 Å². The Labute approximate surface area is 149 Å². The Bertz CT molecular complexity index is 590. The lowest BCUT2D eigenvalue weighted by Gasteiger charge is -2.50. The molecular weight excluding hydrogens is 316 g/mol. The summed E-state index contributed by atoms with van der Waals surface area (Å²) in [5.74, 6) is 0.976. The van der Waals surface area contributed by atoms with Crippen LogP contribution in [-0.2, 0) is 20.9 Å². The van der Waals surface area contributed by atoms with Crippen molar-refractivity contribution in [1.29, 1.82) is 0 Å². The largest absolute Gasteiger partial charge is 0.377 e. The molecule has 0 radical (unpaired) electrons. The van der Waals surface area contributed by atoms with Gasteiger partial charge in [0.1, 0.15) is 0 Å². The molecule has 4 rings (SSSR count). The molecule has 5 heteroatoms. The van der Waals surface area contributed by atoms with Crippen LogP contribution in [0.4, 0.5) is 0 Å². The van der Waals surface area contributed by atoms with Crippen molar-refractivity contribution >= 4 is 5.91 Å². The van der Waals surface area contributed by atoms with E-state index in [0.29, 0.717) is 25.0 Å². The van der Waals surface area contributed by atoms with Crippen molar-refractivity contribution in [3.8, 4) is 0 Å². The molecule has 0 aromatic carbocycles.